The van der Waals surface area contributed by atoms with E-state index in [0.29, 0.717) is 11.6 Å². The molecule has 2 aliphatic carbocycles. The number of nitrogens with one attached hydrogen (secondary N) is 1. The third-order valence-corrected chi connectivity index (χ3v) is 4.26. The van der Waals surface area contributed by atoms with Gasteiger partial charge < -0.3 is 5.32 Å². The largest absolute Gasteiger partial charge is 0.310 e. The van der Waals surface area contributed by atoms with Gasteiger partial charge in [0.2, 0.25) is 0 Å². The van der Waals surface area contributed by atoms with E-state index in [4.69, 9.17) is 0 Å². The van der Waals surface area contributed by atoms with Gasteiger partial charge in [0.25, 0.3) is 0 Å². The zero-order valence-corrected chi connectivity index (χ0v) is 10.9. The summed E-state index contributed by atoms with van der Waals surface area (Å²) in [7, 11) is 0. The van der Waals surface area contributed by atoms with E-state index >= 15 is 0 Å². The Morgan fingerprint density at radius 3 is 3.00 bits per heavy atom. The maximum absolute atomic E-state index is 14.0. The van der Waals surface area contributed by atoms with Crippen molar-refractivity contribution < 1.29 is 4.39 Å². The average molecular weight is 256 g/mol. The van der Waals surface area contributed by atoms with Crippen LogP contribution in [-0.2, 0) is 19.4 Å². The molecule has 1 aromatic carbocycles. The topological polar surface area (TPSA) is 24.9 Å². The first-order valence-electron chi connectivity index (χ1n) is 7.15. The summed E-state index contributed by atoms with van der Waals surface area (Å²) in [4.78, 5) is 4.56. The highest BCUT2D eigenvalue weighted by Crippen LogP contribution is 2.31. The quantitative estimate of drug-likeness (QED) is 0.912. The molecule has 2 aliphatic rings. The summed E-state index contributed by atoms with van der Waals surface area (Å²) in [6.45, 7) is 0.857. The van der Waals surface area contributed by atoms with Crippen LogP contribution in [0.25, 0.3) is 10.9 Å². The molecule has 2 aromatic rings. The molecular weight excluding hydrogens is 239 g/mol. The minimum atomic E-state index is -0.195. The molecule has 19 heavy (non-hydrogen) atoms. The highest BCUT2D eigenvalue weighted by atomic mass is 19.1. The maximum atomic E-state index is 14.0. The maximum Gasteiger partial charge on any atom is 0.149 e. The zero-order chi connectivity index (χ0) is 12.8. The van der Waals surface area contributed by atoms with Crippen molar-refractivity contribution in [2.24, 2.45) is 0 Å². The van der Waals surface area contributed by atoms with Crippen molar-refractivity contribution in [1.82, 2.24) is 10.3 Å². The van der Waals surface area contributed by atoms with E-state index < -0.39 is 0 Å². The van der Waals surface area contributed by atoms with Crippen LogP contribution < -0.4 is 5.32 Å². The third kappa shape index (κ3) is 1.93. The van der Waals surface area contributed by atoms with Gasteiger partial charge in [0.15, 0.2) is 0 Å². The van der Waals surface area contributed by atoms with Gasteiger partial charge in [-0.2, -0.15) is 0 Å². The number of benzene rings is 1. The second-order valence-electron chi connectivity index (χ2n) is 5.66. The Hall–Kier alpha value is -1.48. The van der Waals surface area contributed by atoms with E-state index in [1.54, 1.807) is 6.07 Å². The molecule has 0 aliphatic heterocycles. The van der Waals surface area contributed by atoms with Gasteiger partial charge in [-0.05, 0) is 49.3 Å². The molecule has 0 amide bonds. The monoisotopic (exact) mass is 256 g/mol. The molecule has 1 heterocycles. The van der Waals surface area contributed by atoms with Crippen LogP contribution in [0.2, 0.25) is 0 Å². The van der Waals surface area contributed by atoms with E-state index in [9.17, 15) is 4.39 Å². The fourth-order valence-corrected chi connectivity index (χ4v) is 3.08. The van der Waals surface area contributed by atoms with Gasteiger partial charge in [0, 0.05) is 23.7 Å². The molecule has 0 radical (unpaired) electrons. The molecule has 3 heteroatoms. The fourth-order valence-electron chi connectivity index (χ4n) is 3.08. The number of rotatable bonds is 3. The second kappa shape index (κ2) is 4.27. The molecule has 0 bridgehead atoms. The van der Waals surface area contributed by atoms with E-state index in [-0.39, 0.29) is 5.82 Å². The first-order valence-corrected chi connectivity index (χ1v) is 7.15. The van der Waals surface area contributed by atoms with Gasteiger partial charge in [-0.3, -0.25) is 0 Å². The lowest BCUT2D eigenvalue weighted by Crippen LogP contribution is -2.17. The Morgan fingerprint density at radius 2 is 2.16 bits per heavy atom. The number of nitrogens with zero attached hydrogens (tertiary/aromatic N) is 1. The van der Waals surface area contributed by atoms with Gasteiger partial charge in [-0.15, -0.1) is 0 Å². The second-order valence-corrected chi connectivity index (χ2v) is 5.66. The summed E-state index contributed by atoms with van der Waals surface area (Å²) in [5.74, 6) is -0.195. The number of pyridine rings is 1. The normalized spacial score (nSPS) is 17.9. The highest BCUT2D eigenvalue weighted by Gasteiger charge is 2.24. The van der Waals surface area contributed by atoms with Gasteiger partial charge in [-0.25, -0.2) is 9.37 Å². The van der Waals surface area contributed by atoms with Gasteiger partial charge in [0.1, 0.15) is 11.3 Å². The lowest BCUT2D eigenvalue weighted by molar-refractivity contribution is 0.635. The van der Waals surface area contributed by atoms with Gasteiger partial charge >= 0.3 is 0 Å². The predicted octanol–water partition coefficient (Wildman–Crippen LogP) is 3.11. The number of hydrogen-bond acceptors (Lipinski definition) is 2. The lowest BCUT2D eigenvalue weighted by atomic mass is 10.0. The van der Waals surface area contributed by atoms with Crippen molar-refractivity contribution in [3.63, 3.8) is 0 Å². The van der Waals surface area contributed by atoms with E-state index in [1.165, 1.54) is 30.0 Å². The molecule has 0 saturated heterocycles. The van der Waals surface area contributed by atoms with Crippen molar-refractivity contribution in [3.05, 3.63) is 40.8 Å². The van der Waals surface area contributed by atoms with Crippen LogP contribution in [0.15, 0.2) is 18.2 Å². The molecular formula is C16H17FN2. The molecule has 1 fully saturated rings. The van der Waals surface area contributed by atoms with Crippen molar-refractivity contribution >= 4 is 10.9 Å². The van der Waals surface area contributed by atoms with E-state index in [2.05, 4.69) is 10.3 Å². The first kappa shape index (κ1) is 11.4. The van der Waals surface area contributed by atoms with Crippen LogP contribution in [-0.4, -0.2) is 11.0 Å². The third-order valence-electron chi connectivity index (χ3n) is 4.26. The van der Waals surface area contributed by atoms with Gasteiger partial charge in [-0.1, -0.05) is 12.1 Å². The predicted molar refractivity (Wildman–Crippen MR) is 73.6 cm³/mol. The van der Waals surface area contributed by atoms with Crippen LogP contribution in [0, 0.1) is 5.82 Å². The number of halogens is 1. The summed E-state index contributed by atoms with van der Waals surface area (Å²) in [5, 5.41) is 4.56. The summed E-state index contributed by atoms with van der Waals surface area (Å²) in [6, 6.07) is 5.98. The molecule has 1 saturated carbocycles. The zero-order valence-electron chi connectivity index (χ0n) is 10.9. The minimum Gasteiger partial charge on any atom is -0.310 e. The van der Waals surface area contributed by atoms with Crippen LogP contribution in [0.5, 0.6) is 0 Å². The van der Waals surface area contributed by atoms with Crippen LogP contribution in [0.4, 0.5) is 4.39 Å². The van der Waals surface area contributed by atoms with Crippen LogP contribution in [0.3, 0.4) is 0 Å². The Kier molecular flexibility index (Phi) is 2.55. The Balaban J connectivity index is 1.88. The minimum absolute atomic E-state index is 0.195. The summed E-state index contributed by atoms with van der Waals surface area (Å²) >= 11 is 0. The number of hydrogen-bond donors (Lipinski definition) is 1. The van der Waals surface area contributed by atoms with Crippen molar-refractivity contribution in [2.45, 2.75) is 44.7 Å². The van der Waals surface area contributed by atoms with Crippen LogP contribution >= 0.6 is 0 Å². The van der Waals surface area contributed by atoms with E-state index in [1.807, 2.05) is 6.07 Å². The molecule has 0 unspecified atom stereocenters. The van der Waals surface area contributed by atoms with E-state index in [0.717, 1.165) is 36.9 Å². The molecule has 1 N–H and O–H groups in total. The molecule has 98 valence electrons. The Labute approximate surface area is 112 Å². The molecule has 4 rings (SSSR count). The molecule has 2 nitrogen and oxygen atoms in total. The smallest absolute Gasteiger partial charge is 0.149 e. The van der Waals surface area contributed by atoms with Crippen molar-refractivity contribution in [2.75, 3.05) is 0 Å². The lowest BCUT2D eigenvalue weighted by Gasteiger charge is -2.13. The summed E-state index contributed by atoms with van der Waals surface area (Å²) < 4.78 is 14.0. The molecule has 0 atom stereocenters. The highest BCUT2D eigenvalue weighted by molar-refractivity contribution is 5.84. The SMILES string of the molecule is Fc1cccc2c(CNC3CC3)c3c(nc12)CCC3. The number of fused-ring (bicyclic) bond motifs is 2. The fraction of sp³-hybridized carbons (Fsp3) is 0.438. The average Bonchev–Trinajstić information content (AvgIpc) is 3.12. The van der Waals surface area contributed by atoms with Gasteiger partial charge in [0.05, 0.1) is 0 Å². The first-order chi connectivity index (χ1) is 9.33. The number of aromatic nitrogens is 1. The number of aryl methyl sites for hydroxylation is 1. The molecule has 1 aromatic heterocycles. The summed E-state index contributed by atoms with van der Waals surface area (Å²) in [6.07, 6.45) is 5.79. The van der Waals surface area contributed by atoms with Crippen molar-refractivity contribution in [3.8, 4) is 0 Å². The van der Waals surface area contributed by atoms with Crippen molar-refractivity contribution in [1.29, 1.82) is 0 Å². The molecule has 0 spiro atoms. The standard InChI is InChI=1S/C16H17FN2/c17-14-5-1-4-12-13(9-18-10-7-8-10)11-3-2-6-15(11)19-16(12)14/h1,4-5,10,18H,2-3,6-9H2. The Bertz CT molecular complexity index is 647. The summed E-state index contributed by atoms with van der Waals surface area (Å²) in [5.41, 5.74) is 4.32. The van der Waals surface area contributed by atoms with Crippen LogP contribution in [0.1, 0.15) is 36.1 Å². The number of para-hydroxylation sites is 1. The Morgan fingerprint density at radius 1 is 1.26 bits per heavy atom.